The highest BCUT2D eigenvalue weighted by Gasteiger charge is 2.13. The van der Waals surface area contributed by atoms with E-state index >= 15 is 0 Å². The van der Waals surface area contributed by atoms with E-state index in [1.165, 1.54) is 0 Å². The van der Waals surface area contributed by atoms with Crippen molar-refractivity contribution in [1.29, 1.82) is 0 Å². The molecule has 0 bridgehead atoms. The maximum atomic E-state index is 12.8. The van der Waals surface area contributed by atoms with Crippen molar-refractivity contribution < 1.29 is 9.15 Å². The molecule has 1 aliphatic rings. The number of anilines is 1. The summed E-state index contributed by atoms with van der Waals surface area (Å²) in [6.45, 7) is 6.32. The highest BCUT2D eigenvalue weighted by atomic mass is 16.5. The molecule has 0 radical (unpaired) electrons. The molecule has 3 heterocycles. The zero-order valence-corrected chi connectivity index (χ0v) is 14.2. The molecule has 1 saturated heterocycles. The fraction of sp³-hybridized carbons (Fsp3) is 0.368. The van der Waals surface area contributed by atoms with Gasteiger partial charge in [-0.15, -0.1) is 0 Å². The number of nitrogens with two attached hydrogens (primary N) is 1. The van der Waals surface area contributed by atoms with Crippen molar-refractivity contribution in [1.82, 2.24) is 9.88 Å². The smallest absolute Gasteiger partial charge is 0.232 e. The Kier molecular flexibility index (Phi) is 4.15. The first kappa shape index (κ1) is 16.1. The summed E-state index contributed by atoms with van der Waals surface area (Å²) in [4.78, 5) is 19.4. The van der Waals surface area contributed by atoms with Crippen molar-refractivity contribution in [2.75, 3.05) is 38.6 Å². The lowest BCUT2D eigenvalue weighted by Crippen LogP contribution is -2.37. The molecule has 0 saturated carbocycles. The number of ether oxygens (including phenoxy) is 1. The quantitative estimate of drug-likeness (QED) is 0.736. The third-order valence-electron chi connectivity index (χ3n) is 4.78. The summed E-state index contributed by atoms with van der Waals surface area (Å²) in [6, 6.07) is 7.55. The van der Waals surface area contributed by atoms with Gasteiger partial charge in [-0.1, -0.05) is 6.07 Å². The van der Waals surface area contributed by atoms with E-state index in [2.05, 4.69) is 9.88 Å². The van der Waals surface area contributed by atoms with E-state index in [1.807, 2.05) is 25.1 Å². The average Bonchev–Trinajstić information content (AvgIpc) is 2.63. The lowest BCUT2D eigenvalue weighted by atomic mass is 10.1. The van der Waals surface area contributed by atoms with E-state index in [0.29, 0.717) is 27.9 Å². The van der Waals surface area contributed by atoms with Gasteiger partial charge in [0.25, 0.3) is 0 Å². The van der Waals surface area contributed by atoms with E-state index in [9.17, 15) is 4.79 Å². The molecule has 25 heavy (non-hydrogen) atoms. The molecule has 0 unspecified atom stereocenters. The molecular formula is C19H21N3O3. The fourth-order valence-electron chi connectivity index (χ4n) is 3.21. The Morgan fingerprint density at radius 1 is 1.20 bits per heavy atom. The second-order valence-corrected chi connectivity index (χ2v) is 6.51. The van der Waals surface area contributed by atoms with Crippen LogP contribution in [0.3, 0.4) is 0 Å². The minimum atomic E-state index is -0.0555. The number of nitrogens with zero attached hydrogens (tertiary/aromatic N) is 2. The van der Waals surface area contributed by atoms with E-state index < -0.39 is 0 Å². The van der Waals surface area contributed by atoms with E-state index in [0.717, 1.165) is 50.4 Å². The van der Waals surface area contributed by atoms with Crippen LogP contribution in [0.2, 0.25) is 0 Å². The molecule has 0 atom stereocenters. The zero-order chi connectivity index (χ0) is 17.4. The van der Waals surface area contributed by atoms with Crippen LogP contribution in [-0.4, -0.2) is 42.7 Å². The summed E-state index contributed by atoms with van der Waals surface area (Å²) in [5, 5.41) is 1.07. The van der Waals surface area contributed by atoms with Crippen LogP contribution in [-0.2, 0) is 11.2 Å². The number of nitrogen functional groups attached to an aromatic ring is 1. The summed E-state index contributed by atoms with van der Waals surface area (Å²) in [5.41, 5.74) is 8.52. The first-order valence-corrected chi connectivity index (χ1v) is 8.54. The summed E-state index contributed by atoms with van der Waals surface area (Å²) < 4.78 is 11.2. The molecule has 4 rings (SSSR count). The zero-order valence-electron chi connectivity index (χ0n) is 14.2. The molecule has 3 aromatic rings. The second kappa shape index (κ2) is 6.46. The standard InChI is InChI=1S/C19H21N3O3/c1-12-10-15-17(23)14-11-13(4-5-22-6-8-24-9-7-22)2-3-16(14)25-19(15)21-18(12)20/h2-3,10-11H,4-9H2,1H3,(H2,20,21). The number of hydrogen-bond donors (Lipinski definition) is 1. The number of hydrogen-bond acceptors (Lipinski definition) is 6. The van der Waals surface area contributed by atoms with Crippen molar-refractivity contribution in [3.8, 4) is 0 Å². The number of morpholine rings is 1. The van der Waals surface area contributed by atoms with Gasteiger partial charge in [0.1, 0.15) is 11.4 Å². The SMILES string of the molecule is Cc1cc2c(=O)c3cc(CCN4CCOCC4)ccc3oc2nc1N. The minimum absolute atomic E-state index is 0.0555. The Balaban J connectivity index is 1.69. The topological polar surface area (TPSA) is 81.6 Å². The number of benzene rings is 1. The molecule has 1 aromatic carbocycles. The van der Waals surface area contributed by atoms with Crippen molar-refractivity contribution in [2.45, 2.75) is 13.3 Å². The van der Waals surface area contributed by atoms with Gasteiger partial charge in [0.15, 0.2) is 0 Å². The predicted molar refractivity (Wildman–Crippen MR) is 97.9 cm³/mol. The van der Waals surface area contributed by atoms with E-state index in [4.69, 9.17) is 14.9 Å². The fourth-order valence-corrected chi connectivity index (χ4v) is 3.21. The maximum Gasteiger partial charge on any atom is 0.232 e. The molecule has 2 N–H and O–H groups in total. The highest BCUT2D eigenvalue weighted by molar-refractivity contribution is 5.89. The molecule has 0 spiro atoms. The summed E-state index contributed by atoms with van der Waals surface area (Å²) in [6.07, 6.45) is 0.895. The van der Waals surface area contributed by atoms with Gasteiger partial charge in [-0.25, -0.2) is 0 Å². The summed E-state index contributed by atoms with van der Waals surface area (Å²) in [7, 11) is 0. The second-order valence-electron chi connectivity index (χ2n) is 6.51. The number of rotatable bonds is 3. The summed E-state index contributed by atoms with van der Waals surface area (Å²) >= 11 is 0. The lowest BCUT2D eigenvalue weighted by molar-refractivity contribution is 0.0384. The molecule has 0 amide bonds. The Morgan fingerprint density at radius 3 is 2.80 bits per heavy atom. The normalized spacial score (nSPS) is 15.9. The molecule has 6 heteroatoms. The maximum absolute atomic E-state index is 12.8. The van der Waals surface area contributed by atoms with Gasteiger partial charge in [-0.2, -0.15) is 4.98 Å². The number of aromatic nitrogens is 1. The Morgan fingerprint density at radius 2 is 2.00 bits per heavy atom. The van der Waals surface area contributed by atoms with Crippen LogP contribution in [0.5, 0.6) is 0 Å². The van der Waals surface area contributed by atoms with Crippen LogP contribution < -0.4 is 11.2 Å². The van der Waals surface area contributed by atoms with Crippen LogP contribution >= 0.6 is 0 Å². The van der Waals surface area contributed by atoms with Crippen molar-refractivity contribution in [2.24, 2.45) is 0 Å². The molecular weight excluding hydrogens is 318 g/mol. The van der Waals surface area contributed by atoms with Crippen molar-refractivity contribution in [3.63, 3.8) is 0 Å². The number of pyridine rings is 1. The van der Waals surface area contributed by atoms with Gasteiger partial charge in [0.2, 0.25) is 11.1 Å². The minimum Gasteiger partial charge on any atom is -0.437 e. The van der Waals surface area contributed by atoms with Crippen LogP contribution in [0.4, 0.5) is 5.82 Å². The highest BCUT2D eigenvalue weighted by Crippen LogP contribution is 2.21. The Hall–Kier alpha value is -2.44. The third-order valence-corrected chi connectivity index (χ3v) is 4.78. The van der Waals surface area contributed by atoms with Gasteiger partial charge in [-0.3, -0.25) is 9.69 Å². The number of aryl methyl sites for hydroxylation is 1. The van der Waals surface area contributed by atoms with E-state index in [1.54, 1.807) is 6.07 Å². The first-order valence-electron chi connectivity index (χ1n) is 8.54. The first-order chi connectivity index (χ1) is 12.1. The Bertz CT molecular complexity index is 991. The van der Waals surface area contributed by atoms with Crippen LogP contribution in [0.15, 0.2) is 33.5 Å². The molecule has 1 aliphatic heterocycles. The lowest BCUT2D eigenvalue weighted by Gasteiger charge is -2.26. The van der Waals surface area contributed by atoms with E-state index in [-0.39, 0.29) is 5.43 Å². The monoisotopic (exact) mass is 339 g/mol. The average molecular weight is 339 g/mol. The molecule has 130 valence electrons. The Labute approximate surface area is 145 Å². The van der Waals surface area contributed by atoms with Gasteiger partial charge < -0.3 is 14.9 Å². The largest absolute Gasteiger partial charge is 0.437 e. The van der Waals surface area contributed by atoms with Crippen LogP contribution in [0.1, 0.15) is 11.1 Å². The van der Waals surface area contributed by atoms with Crippen molar-refractivity contribution >= 4 is 27.9 Å². The third kappa shape index (κ3) is 3.10. The van der Waals surface area contributed by atoms with Crippen LogP contribution in [0, 0.1) is 6.92 Å². The molecule has 1 fully saturated rings. The molecule has 2 aromatic heterocycles. The van der Waals surface area contributed by atoms with Gasteiger partial charge in [0.05, 0.1) is 24.0 Å². The van der Waals surface area contributed by atoms with Gasteiger partial charge >= 0.3 is 0 Å². The number of fused-ring (bicyclic) bond motifs is 2. The van der Waals surface area contributed by atoms with Gasteiger partial charge in [-0.05, 0) is 42.7 Å². The van der Waals surface area contributed by atoms with Crippen LogP contribution in [0.25, 0.3) is 22.1 Å². The molecule has 6 nitrogen and oxygen atoms in total. The molecule has 0 aliphatic carbocycles. The van der Waals surface area contributed by atoms with Gasteiger partial charge in [0, 0.05) is 19.6 Å². The predicted octanol–water partition coefficient (Wildman–Crippen LogP) is 2.11. The van der Waals surface area contributed by atoms with Crippen molar-refractivity contribution in [3.05, 3.63) is 45.6 Å². The summed E-state index contributed by atoms with van der Waals surface area (Å²) in [5.74, 6) is 0.386.